The zero-order valence-electron chi connectivity index (χ0n) is 12.6. The highest BCUT2D eigenvalue weighted by Crippen LogP contribution is 2.17. The Bertz CT molecular complexity index is 450. The summed E-state index contributed by atoms with van der Waals surface area (Å²) in [4.78, 5) is 17.9. The molecule has 0 atom stereocenters. The fourth-order valence-electron chi connectivity index (χ4n) is 2.51. The molecule has 112 valence electrons. The van der Waals surface area contributed by atoms with Crippen LogP contribution in [-0.4, -0.2) is 46.3 Å². The molecule has 6 heteroatoms. The summed E-state index contributed by atoms with van der Waals surface area (Å²) in [6.45, 7) is 8.76. The van der Waals surface area contributed by atoms with Crippen molar-refractivity contribution in [3.8, 4) is 0 Å². The first-order valence-electron chi connectivity index (χ1n) is 7.36. The van der Waals surface area contributed by atoms with E-state index in [1.807, 2.05) is 13.8 Å². The third-order valence-corrected chi connectivity index (χ3v) is 3.59. The number of amides is 1. The van der Waals surface area contributed by atoms with Crippen LogP contribution in [0.4, 0.5) is 10.7 Å². The lowest BCUT2D eigenvalue weighted by atomic mass is 10.1. The number of likely N-dealkylation sites (tertiary alicyclic amines) is 1. The molecule has 2 rings (SSSR count). The average Bonchev–Trinajstić information content (AvgIpc) is 2.80. The normalized spacial score (nSPS) is 16.2. The number of aromatic nitrogens is 2. The second kappa shape index (κ2) is 6.63. The maximum absolute atomic E-state index is 11.6. The molecule has 1 N–H and O–H groups in total. The molecule has 2 heterocycles. The van der Waals surface area contributed by atoms with Crippen LogP contribution in [0.25, 0.3) is 0 Å². The third kappa shape index (κ3) is 3.43. The zero-order valence-corrected chi connectivity index (χ0v) is 12.6. The number of rotatable bonds is 4. The van der Waals surface area contributed by atoms with Crippen LogP contribution in [0.3, 0.4) is 0 Å². The van der Waals surface area contributed by atoms with Crippen molar-refractivity contribution in [2.45, 2.75) is 46.2 Å². The van der Waals surface area contributed by atoms with E-state index in [9.17, 15) is 4.79 Å². The van der Waals surface area contributed by atoms with Gasteiger partial charge in [0.1, 0.15) is 0 Å². The first-order valence-corrected chi connectivity index (χ1v) is 7.36. The third-order valence-electron chi connectivity index (χ3n) is 3.59. The van der Waals surface area contributed by atoms with Gasteiger partial charge in [0.05, 0.1) is 12.3 Å². The lowest BCUT2D eigenvalue weighted by molar-refractivity contribution is 0.0983. The number of carbonyl (C=O) groups is 1. The van der Waals surface area contributed by atoms with Gasteiger partial charge in [-0.2, -0.15) is 0 Å². The Balaban J connectivity index is 1.86. The maximum Gasteiger partial charge on any atom is 0.409 e. The number of carbonyl (C=O) groups excluding carboxylic acids is 1. The Morgan fingerprint density at radius 3 is 2.75 bits per heavy atom. The zero-order chi connectivity index (χ0) is 14.5. The van der Waals surface area contributed by atoms with Crippen LogP contribution in [0.5, 0.6) is 0 Å². The topological polar surface area (TPSA) is 59.4 Å². The largest absolute Gasteiger partial charge is 0.450 e. The number of hydrogen-bond acceptors (Lipinski definition) is 4. The number of nitrogens with zero attached hydrogens (tertiary/aromatic N) is 3. The van der Waals surface area contributed by atoms with Gasteiger partial charge >= 0.3 is 6.09 Å². The summed E-state index contributed by atoms with van der Waals surface area (Å²) in [5, 5.41) is 3.49. The van der Waals surface area contributed by atoms with Crippen molar-refractivity contribution >= 4 is 12.0 Å². The number of piperidine rings is 1. The van der Waals surface area contributed by atoms with E-state index in [4.69, 9.17) is 4.74 Å². The van der Waals surface area contributed by atoms with E-state index in [0.29, 0.717) is 12.6 Å². The highest BCUT2D eigenvalue weighted by atomic mass is 16.6. The summed E-state index contributed by atoms with van der Waals surface area (Å²) < 4.78 is 7.14. The highest BCUT2D eigenvalue weighted by Gasteiger charge is 2.24. The molecule has 1 aliphatic rings. The van der Waals surface area contributed by atoms with Crippen molar-refractivity contribution in [2.24, 2.45) is 0 Å². The van der Waals surface area contributed by atoms with Gasteiger partial charge in [0.25, 0.3) is 0 Å². The Hall–Kier alpha value is -1.72. The van der Waals surface area contributed by atoms with Gasteiger partial charge in [-0.25, -0.2) is 9.78 Å². The van der Waals surface area contributed by atoms with Gasteiger partial charge in [-0.1, -0.05) is 0 Å². The maximum atomic E-state index is 11.6. The molecule has 0 unspecified atom stereocenters. The van der Waals surface area contributed by atoms with Crippen molar-refractivity contribution in [2.75, 3.05) is 25.0 Å². The Kier molecular flexibility index (Phi) is 4.87. The van der Waals surface area contributed by atoms with Crippen LogP contribution in [0.1, 0.15) is 32.4 Å². The molecule has 1 aliphatic heterocycles. The van der Waals surface area contributed by atoms with Gasteiger partial charge in [0.15, 0.2) is 0 Å². The summed E-state index contributed by atoms with van der Waals surface area (Å²) in [6, 6.07) is 0.368. The Labute approximate surface area is 120 Å². The number of imidazole rings is 1. The summed E-state index contributed by atoms with van der Waals surface area (Å²) in [7, 11) is 0. The van der Waals surface area contributed by atoms with Crippen molar-refractivity contribution in [1.82, 2.24) is 14.5 Å². The van der Waals surface area contributed by atoms with E-state index in [1.54, 1.807) is 4.90 Å². The van der Waals surface area contributed by atoms with Crippen LogP contribution < -0.4 is 5.32 Å². The quantitative estimate of drug-likeness (QED) is 0.919. The van der Waals surface area contributed by atoms with Gasteiger partial charge < -0.3 is 19.5 Å². The van der Waals surface area contributed by atoms with Gasteiger partial charge in [0.2, 0.25) is 5.95 Å². The molecule has 0 bridgehead atoms. The Morgan fingerprint density at radius 1 is 1.45 bits per heavy atom. The van der Waals surface area contributed by atoms with E-state index in [2.05, 4.69) is 28.0 Å². The van der Waals surface area contributed by atoms with E-state index in [0.717, 1.165) is 44.1 Å². The van der Waals surface area contributed by atoms with E-state index in [1.165, 1.54) is 0 Å². The van der Waals surface area contributed by atoms with Gasteiger partial charge in [-0.3, -0.25) is 0 Å². The minimum atomic E-state index is -0.197. The van der Waals surface area contributed by atoms with Crippen molar-refractivity contribution in [1.29, 1.82) is 0 Å². The van der Waals surface area contributed by atoms with Gasteiger partial charge in [-0.15, -0.1) is 0 Å². The number of ether oxygens (including phenoxy) is 1. The molecule has 1 fully saturated rings. The van der Waals surface area contributed by atoms with Crippen LogP contribution in [-0.2, 0) is 11.3 Å². The van der Waals surface area contributed by atoms with Crippen molar-refractivity contribution < 1.29 is 9.53 Å². The van der Waals surface area contributed by atoms with Crippen molar-refractivity contribution in [3.05, 3.63) is 11.9 Å². The lowest BCUT2D eigenvalue weighted by Crippen LogP contribution is -2.42. The number of aryl methyl sites for hydroxylation is 2. The molecule has 0 aromatic carbocycles. The van der Waals surface area contributed by atoms with E-state index in [-0.39, 0.29) is 6.09 Å². The minimum absolute atomic E-state index is 0.197. The second-order valence-electron chi connectivity index (χ2n) is 5.10. The molecule has 0 spiro atoms. The minimum Gasteiger partial charge on any atom is -0.450 e. The van der Waals surface area contributed by atoms with E-state index < -0.39 is 0 Å². The van der Waals surface area contributed by atoms with Crippen molar-refractivity contribution in [3.63, 3.8) is 0 Å². The molecule has 6 nitrogen and oxygen atoms in total. The first-order chi connectivity index (χ1) is 9.63. The van der Waals surface area contributed by atoms with Crippen LogP contribution in [0, 0.1) is 6.92 Å². The summed E-state index contributed by atoms with van der Waals surface area (Å²) in [5.41, 5.74) is 1.03. The summed E-state index contributed by atoms with van der Waals surface area (Å²) >= 11 is 0. The molecule has 0 saturated carbocycles. The standard InChI is InChI=1S/C14H24N4O2/c1-4-17-10-11(3)15-13(17)16-12-6-8-18(9-7-12)14(19)20-5-2/h10,12H,4-9H2,1-3H3,(H,15,16). The molecule has 0 aliphatic carbocycles. The number of nitrogens with one attached hydrogen (secondary N) is 1. The summed E-state index contributed by atoms with van der Waals surface area (Å²) in [5.74, 6) is 0.930. The Morgan fingerprint density at radius 2 is 2.15 bits per heavy atom. The monoisotopic (exact) mass is 280 g/mol. The molecule has 1 aromatic rings. The predicted molar refractivity (Wildman–Crippen MR) is 77.9 cm³/mol. The molecular weight excluding hydrogens is 256 g/mol. The molecule has 1 saturated heterocycles. The molecule has 0 radical (unpaired) electrons. The molecule has 20 heavy (non-hydrogen) atoms. The SMILES string of the molecule is CCOC(=O)N1CCC(Nc2nc(C)cn2CC)CC1. The fourth-order valence-corrected chi connectivity index (χ4v) is 2.51. The number of anilines is 1. The van der Waals surface area contributed by atoms with Gasteiger partial charge in [0, 0.05) is 31.9 Å². The molecule has 1 aromatic heterocycles. The predicted octanol–water partition coefficient (Wildman–Crippen LogP) is 2.24. The number of hydrogen-bond donors (Lipinski definition) is 1. The van der Waals surface area contributed by atoms with Crippen LogP contribution in [0.2, 0.25) is 0 Å². The average molecular weight is 280 g/mol. The highest BCUT2D eigenvalue weighted by molar-refractivity contribution is 5.67. The fraction of sp³-hybridized carbons (Fsp3) is 0.714. The summed E-state index contributed by atoms with van der Waals surface area (Å²) in [6.07, 6.45) is 3.70. The van der Waals surface area contributed by atoms with E-state index >= 15 is 0 Å². The second-order valence-corrected chi connectivity index (χ2v) is 5.10. The van der Waals surface area contributed by atoms with Gasteiger partial charge in [-0.05, 0) is 33.6 Å². The molecule has 1 amide bonds. The van der Waals surface area contributed by atoms with Crippen LogP contribution in [0.15, 0.2) is 6.20 Å². The van der Waals surface area contributed by atoms with Crippen LogP contribution >= 0.6 is 0 Å². The smallest absolute Gasteiger partial charge is 0.409 e. The molecular formula is C14H24N4O2. The first kappa shape index (κ1) is 14.7. The lowest BCUT2D eigenvalue weighted by Gasteiger charge is -2.31.